The van der Waals surface area contributed by atoms with Crippen LogP contribution in [0, 0.1) is 5.92 Å². The molecule has 0 spiro atoms. The molecule has 0 amide bonds. The number of ether oxygens (including phenoxy) is 3. The Hall–Kier alpha value is -3.39. The van der Waals surface area contributed by atoms with Gasteiger partial charge in [0.2, 0.25) is 0 Å². The predicted molar refractivity (Wildman–Crippen MR) is 146 cm³/mol. The van der Waals surface area contributed by atoms with Crippen LogP contribution in [0.25, 0.3) is 0 Å². The van der Waals surface area contributed by atoms with E-state index in [9.17, 15) is 14.4 Å². The summed E-state index contributed by atoms with van der Waals surface area (Å²) in [4.78, 5) is 42.1. The van der Waals surface area contributed by atoms with E-state index >= 15 is 0 Å². The number of carbonyl (C=O) groups excluding carboxylic acids is 3. The van der Waals surface area contributed by atoms with E-state index in [1.54, 1.807) is 13.8 Å². The second kappa shape index (κ2) is 12.4. The second-order valence-corrected chi connectivity index (χ2v) is 10.2. The predicted octanol–water partition coefficient (Wildman–Crippen LogP) is 5.64. The number of esters is 2. The molecule has 7 nitrogen and oxygen atoms in total. The third kappa shape index (κ3) is 5.27. The third-order valence-corrected chi connectivity index (χ3v) is 7.88. The maximum atomic E-state index is 14.4. The fraction of sp³-hybridized carbons (Fsp3) is 0.433. The molecule has 2 heterocycles. The van der Waals surface area contributed by atoms with Gasteiger partial charge in [-0.05, 0) is 51.1 Å². The Balaban J connectivity index is 1.96. The van der Waals surface area contributed by atoms with Gasteiger partial charge in [-0.25, -0.2) is 4.79 Å². The van der Waals surface area contributed by atoms with Gasteiger partial charge in [0.25, 0.3) is 0 Å². The van der Waals surface area contributed by atoms with E-state index in [1.165, 1.54) is 11.3 Å². The summed E-state index contributed by atoms with van der Waals surface area (Å²) in [5, 5.41) is 5.41. The van der Waals surface area contributed by atoms with Crippen LogP contribution in [0.5, 0.6) is 5.75 Å². The Morgan fingerprint density at radius 2 is 1.76 bits per heavy atom. The lowest BCUT2D eigenvalue weighted by molar-refractivity contribution is -0.152. The number of nitrogens with one attached hydrogen (secondary N) is 1. The van der Waals surface area contributed by atoms with Crippen molar-refractivity contribution in [2.75, 3.05) is 19.8 Å². The van der Waals surface area contributed by atoms with Crippen molar-refractivity contribution in [3.63, 3.8) is 0 Å². The number of carbonyl (C=O) groups is 3. The molecule has 1 aromatic heterocycles. The minimum absolute atomic E-state index is 0.176. The van der Waals surface area contributed by atoms with E-state index in [0.717, 1.165) is 22.7 Å². The highest BCUT2D eigenvalue weighted by atomic mass is 32.1. The second-order valence-electron chi connectivity index (χ2n) is 9.20. The van der Waals surface area contributed by atoms with Gasteiger partial charge in [-0.2, -0.15) is 0 Å². The number of rotatable bonds is 10. The Bertz CT molecular complexity index is 1250. The van der Waals surface area contributed by atoms with Crippen molar-refractivity contribution in [1.82, 2.24) is 5.32 Å². The van der Waals surface area contributed by atoms with Crippen LogP contribution >= 0.6 is 11.3 Å². The quantitative estimate of drug-likeness (QED) is 0.310. The zero-order chi connectivity index (χ0) is 27.2. The molecule has 1 aliphatic heterocycles. The highest BCUT2D eigenvalue weighted by Gasteiger charge is 2.50. The average Bonchev–Trinajstić information content (AvgIpc) is 3.44. The maximum absolute atomic E-state index is 14.4. The lowest BCUT2D eigenvalue weighted by Gasteiger charge is -2.40. The van der Waals surface area contributed by atoms with Gasteiger partial charge in [0.15, 0.2) is 5.78 Å². The van der Waals surface area contributed by atoms with Crippen molar-refractivity contribution in [3.05, 3.63) is 74.8 Å². The van der Waals surface area contributed by atoms with Crippen LogP contribution in [0.1, 0.15) is 69.2 Å². The van der Waals surface area contributed by atoms with E-state index in [1.807, 2.05) is 55.6 Å². The standard InChI is InChI=1S/C30H35NO6S/c1-5-12-20-27(30(34)37-8-4)24(18-13-9-10-14-22(18)35-6-2)26-21(31-20)17-19(23-15-11-16-38-23)25(28(26)32)29(33)36-7-3/h9-11,13-16,19,24-25,31H,5-8,12,17H2,1-4H3/t19-,24-,25-/m1/s1. The van der Waals surface area contributed by atoms with E-state index in [-0.39, 0.29) is 24.9 Å². The van der Waals surface area contributed by atoms with Gasteiger partial charge in [0, 0.05) is 33.3 Å². The first kappa shape index (κ1) is 27.6. The minimum atomic E-state index is -1.01. The van der Waals surface area contributed by atoms with Crippen LogP contribution in [-0.4, -0.2) is 37.5 Å². The Morgan fingerprint density at radius 1 is 1.00 bits per heavy atom. The molecule has 0 radical (unpaired) electrons. The van der Waals surface area contributed by atoms with Crippen molar-refractivity contribution >= 4 is 29.1 Å². The molecular weight excluding hydrogens is 502 g/mol. The largest absolute Gasteiger partial charge is 0.494 e. The molecule has 38 heavy (non-hydrogen) atoms. The van der Waals surface area contributed by atoms with Gasteiger partial charge in [-0.1, -0.05) is 37.6 Å². The smallest absolute Gasteiger partial charge is 0.336 e. The van der Waals surface area contributed by atoms with E-state index < -0.39 is 23.8 Å². The van der Waals surface area contributed by atoms with E-state index in [4.69, 9.17) is 14.2 Å². The number of allylic oxidation sites excluding steroid dienone is 3. The molecule has 202 valence electrons. The first-order valence-electron chi connectivity index (χ1n) is 13.3. The SMILES string of the molecule is CCCC1=C(C(=O)OCC)[C@H](c2ccccc2OCC)C2=C(C[C@H](c3cccs3)[C@@H](C(=O)OCC)C2=O)N1. The number of hydrogen-bond donors (Lipinski definition) is 1. The molecule has 8 heteroatoms. The highest BCUT2D eigenvalue weighted by Crippen LogP contribution is 2.50. The summed E-state index contributed by atoms with van der Waals surface area (Å²) in [6, 6.07) is 11.3. The van der Waals surface area contributed by atoms with Crippen LogP contribution in [-0.2, 0) is 23.9 Å². The van der Waals surface area contributed by atoms with Gasteiger partial charge in [-0.3, -0.25) is 9.59 Å². The lowest BCUT2D eigenvalue weighted by Crippen LogP contribution is -2.43. The fourth-order valence-corrected chi connectivity index (χ4v) is 6.30. The summed E-state index contributed by atoms with van der Waals surface area (Å²) in [6.07, 6.45) is 1.85. The summed E-state index contributed by atoms with van der Waals surface area (Å²) < 4.78 is 16.9. The number of ketones is 1. The lowest BCUT2D eigenvalue weighted by atomic mass is 9.68. The number of Topliss-reactive ketones (excluding diaryl/α,β-unsaturated/α-hetero) is 1. The maximum Gasteiger partial charge on any atom is 0.336 e. The summed E-state index contributed by atoms with van der Waals surface area (Å²) in [5.41, 5.74) is 2.98. The molecule has 0 saturated heterocycles. The number of para-hydroxylation sites is 1. The van der Waals surface area contributed by atoms with Gasteiger partial charge >= 0.3 is 11.9 Å². The molecule has 0 bridgehead atoms. The molecule has 0 fully saturated rings. The molecule has 2 aliphatic rings. The molecule has 4 rings (SSSR count). The first-order chi connectivity index (χ1) is 18.5. The van der Waals surface area contributed by atoms with Gasteiger partial charge in [0.1, 0.15) is 11.7 Å². The van der Waals surface area contributed by atoms with Crippen LogP contribution in [0.15, 0.2) is 64.3 Å². The number of dihydropyridines is 1. The summed E-state index contributed by atoms with van der Waals surface area (Å²) in [7, 11) is 0. The van der Waals surface area contributed by atoms with Crippen molar-refractivity contribution in [1.29, 1.82) is 0 Å². The van der Waals surface area contributed by atoms with Crippen LogP contribution < -0.4 is 10.1 Å². The normalized spacial score (nSPS) is 21.1. The molecule has 1 aromatic carbocycles. The minimum Gasteiger partial charge on any atom is -0.494 e. The monoisotopic (exact) mass is 537 g/mol. The summed E-state index contributed by atoms with van der Waals surface area (Å²) in [6.45, 7) is 8.23. The van der Waals surface area contributed by atoms with Crippen LogP contribution in [0.3, 0.4) is 0 Å². The molecule has 1 aliphatic carbocycles. The highest BCUT2D eigenvalue weighted by molar-refractivity contribution is 7.10. The number of hydrogen-bond acceptors (Lipinski definition) is 8. The zero-order valence-electron chi connectivity index (χ0n) is 22.4. The average molecular weight is 538 g/mol. The van der Waals surface area contributed by atoms with Gasteiger partial charge in [-0.15, -0.1) is 11.3 Å². The topological polar surface area (TPSA) is 90.9 Å². The van der Waals surface area contributed by atoms with Crippen LogP contribution in [0.4, 0.5) is 0 Å². The molecule has 0 unspecified atom stereocenters. The van der Waals surface area contributed by atoms with Crippen LogP contribution in [0.2, 0.25) is 0 Å². The Labute approximate surface area is 227 Å². The Morgan fingerprint density at radius 3 is 2.42 bits per heavy atom. The molecule has 2 aromatic rings. The molecule has 1 N–H and O–H groups in total. The van der Waals surface area contributed by atoms with Gasteiger partial charge < -0.3 is 19.5 Å². The first-order valence-corrected chi connectivity index (χ1v) is 14.2. The zero-order valence-corrected chi connectivity index (χ0v) is 23.2. The number of thiophene rings is 1. The number of benzene rings is 1. The summed E-state index contributed by atoms with van der Waals surface area (Å²) >= 11 is 1.52. The molecule has 0 saturated carbocycles. The Kier molecular flexibility index (Phi) is 9.05. The van der Waals surface area contributed by atoms with Gasteiger partial charge in [0.05, 0.1) is 31.3 Å². The van der Waals surface area contributed by atoms with Crippen molar-refractivity contribution in [2.45, 2.75) is 58.8 Å². The van der Waals surface area contributed by atoms with Crippen molar-refractivity contribution in [2.24, 2.45) is 5.92 Å². The third-order valence-electron chi connectivity index (χ3n) is 6.88. The van der Waals surface area contributed by atoms with E-state index in [2.05, 4.69) is 5.32 Å². The van der Waals surface area contributed by atoms with Crippen molar-refractivity contribution < 1.29 is 28.6 Å². The van der Waals surface area contributed by atoms with E-state index in [0.29, 0.717) is 41.9 Å². The summed E-state index contributed by atoms with van der Waals surface area (Å²) in [5.74, 6) is -2.86. The molecular formula is C30H35NO6S. The molecule has 3 atom stereocenters. The van der Waals surface area contributed by atoms with Crippen molar-refractivity contribution in [3.8, 4) is 5.75 Å². The fourth-order valence-electron chi connectivity index (χ4n) is 5.43.